The molecule has 2 rings (SSSR count). The van der Waals surface area contributed by atoms with E-state index in [4.69, 9.17) is 5.73 Å². The molecule has 1 atom stereocenters. The molecule has 0 saturated heterocycles. The fraction of sp³-hybridized carbons (Fsp3) is 0.0909. The summed E-state index contributed by atoms with van der Waals surface area (Å²) in [5.41, 5.74) is 8.43. The minimum Gasteiger partial charge on any atom is -0.320 e. The lowest BCUT2D eigenvalue weighted by Gasteiger charge is -2.11. The van der Waals surface area contributed by atoms with Crippen LogP contribution in [-0.4, -0.2) is 0 Å². The van der Waals surface area contributed by atoms with Crippen LogP contribution >= 0.6 is 55.6 Å². The molecule has 0 radical (unpaired) electrons. The van der Waals surface area contributed by atoms with Crippen molar-refractivity contribution in [3.8, 4) is 0 Å². The van der Waals surface area contributed by atoms with E-state index in [0.29, 0.717) is 0 Å². The van der Waals surface area contributed by atoms with Gasteiger partial charge in [0.15, 0.2) is 0 Å². The second kappa shape index (κ2) is 6.17. The average molecular weight is 384 g/mol. The van der Waals surface area contributed by atoms with Gasteiger partial charge in [-0.2, -0.15) is 11.3 Å². The normalized spacial score (nSPS) is 11.9. The van der Waals surface area contributed by atoms with Crippen LogP contribution < -0.4 is 5.73 Å². The van der Waals surface area contributed by atoms with Crippen LogP contribution in [0.5, 0.6) is 0 Å². The quantitative estimate of drug-likeness (QED) is 0.796. The van der Waals surface area contributed by atoms with E-state index in [-0.39, 0.29) is 18.4 Å². The molecule has 5 heteroatoms. The second-order valence-corrected chi connectivity index (χ2v) is 5.85. The van der Waals surface area contributed by atoms with Crippen molar-refractivity contribution in [2.75, 3.05) is 0 Å². The minimum absolute atomic E-state index is 0. The number of nitrogens with two attached hydrogens (primary N) is 1. The lowest BCUT2D eigenvalue weighted by Crippen LogP contribution is -2.10. The maximum absolute atomic E-state index is 6.16. The second-order valence-electron chi connectivity index (χ2n) is 3.24. The summed E-state index contributed by atoms with van der Waals surface area (Å²) in [6.45, 7) is 0. The largest absolute Gasteiger partial charge is 0.320 e. The van der Waals surface area contributed by atoms with Crippen LogP contribution in [0.1, 0.15) is 17.2 Å². The number of hydrogen-bond acceptors (Lipinski definition) is 2. The highest BCUT2D eigenvalue weighted by atomic mass is 79.9. The van der Waals surface area contributed by atoms with Gasteiger partial charge in [0.2, 0.25) is 0 Å². The molecule has 0 amide bonds. The first-order valence-corrected chi connectivity index (χ1v) is 6.93. The minimum atomic E-state index is -0.0509. The summed E-state index contributed by atoms with van der Waals surface area (Å²) in [5.74, 6) is 0. The number of rotatable bonds is 2. The molecule has 0 saturated carbocycles. The molecule has 0 aliphatic carbocycles. The van der Waals surface area contributed by atoms with Crippen molar-refractivity contribution in [1.82, 2.24) is 0 Å². The van der Waals surface area contributed by atoms with E-state index in [2.05, 4.69) is 43.3 Å². The van der Waals surface area contributed by atoms with Crippen LogP contribution in [0.2, 0.25) is 0 Å². The number of halogens is 3. The zero-order valence-corrected chi connectivity index (χ0v) is 13.0. The van der Waals surface area contributed by atoms with Crippen LogP contribution in [0.25, 0.3) is 0 Å². The Bertz CT molecular complexity index is 439. The van der Waals surface area contributed by atoms with Crippen LogP contribution in [0.4, 0.5) is 0 Å². The highest BCUT2D eigenvalue weighted by Gasteiger charge is 2.10. The van der Waals surface area contributed by atoms with Gasteiger partial charge in [-0.15, -0.1) is 12.4 Å². The van der Waals surface area contributed by atoms with Crippen LogP contribution in [-0.2, 0) is 0 Å². The predicted octanol–water partition coefficient (Wildman–Crippen LogP) is 4.74. The molecule has 0 bridgehead atoms. The van der Waals surface area contributed by atoms with Gasteiger partial charge in [-0.1, -0.05) is 31.9 Å². The summed E-state index contributed by atoms with van der Waals surface area (Å²) in [4.78, 5) is 0. The van der Waals surface area contributed by atoms with Crippen LogP contribution in [0.3, 0.4) is 0 Å². The van der Waals surface area contributed by atoms with Crippen molar-refractivity contribution in [1.29, 1.82) is 0 Å². The average Bonchev–Trinajstić information content (AvgIpc) is 2.67. The first-order valence-electron chi connectivity index (χ1n) is 4.40. The zero-order valence-electron chi connectivity index (χ0n) is 8.19. The molecule has 0 fully saturated rings. The van der Waals surface area contributed by atoms with E-state index in [1.54, 1.807) is 11.3 Å². The van der Waals surface area contributed by atoms with Crippen molar-refractivity contribution >= 4 is 55.6 Å². The third-order valence-corrected chi connectivity index (χ3v) is 3.76. The number of thiophene rings is 1. The van der Waals surface area contributed by atoms with Crippen LogP contribution in [0, 0.1) is 0 Å². The first-order chi connectivity index (χ1) is 7.16. The maximum Gasteiger partial charge on any atom is 0.0560 e. The Morgan fingerprint density at radius 3 is 2.19 bits per heavy atom. The molecule has 1 aromatic carbocycles. The fourth-order valence-corrected chi connectivity index (χ4v) is 3.42. The third-order valence-electron chi connectivity index (χ3n) is 2.15. The highest BCUT2D eigenvalue weighted by Crippen LogP contribution is 2.27. The molecular formula is C11H10Br2ClNS. The molecule has 2 N–H and O–H groups in total. The Balaban J connectivity index is 0.00000128. The van der Waals surface area contributed by atoms with Gasteiger partial charge in [-0.05, 0) is 46.2 Å². The van der Waals surface area contributed by atoms with Gasteiger partial charge in [-0.25, -0.2) is 0 Å². The highest BCUT2D eigenvalue weighted by molar-refractivity contribution is 9.11. The Hall–Kier alpha value is 0.130. The van der Waals surface area contributed by atoms with Gasteiger partial charge < -0.3 is 5.73 Å². The lowest BCUT2D eigenvalue weighted by atomic mass is 10.0. The summed E-state index contributed by atoms with van der Waals surface area (Å²) in [7, 11) is 0. The van der Waals surface area contributed by atoms with E-state index in [0.717, 1.165) is 20.1 Å². The standard InChI is InChI=1S/C11H9Br2NS.ClH/c12-9-3-8(4-10(13)5-9)11(14)7-1-2-15-6-7;/h1-6,11H,14H2;1H/t11-;/m0./s1. The topological polar surface area (TPSA) is 26.0 Å². The van der Waals surface area contributed by atoms with Crippen molar-refractivity contribution in [3.63, 3.8) is 0 Å². The fourth-order valence-electron chi connectivity index (χ4n) is 1.40. The first kappa shape index (κ1) is 14.2. The molecule has 1 nitrogen and oxygen atoms in total. The maximum atomic E-state index is 6.16. The summed E-state index contributed by atoms with van der Waals surface area (Å²) in [6, 6.07) is 8.11. The van der Waals surface area contributed by atoms with E-state index in [1.165, 1.54) is 0 Å². The monoisotopic (exact) mass is 381 g/mol. The molecule has 1 heterocycles. The summed E-state index contributed by atoms with van der Waals surface area (Å²) < 4.78 is 2.08. The van der Waals surface area contributed by atoms with Gasteiger partial charge in [0.25, 0.3) is 0 Å². The molecule has 16 heavy (non-hydrogen) atoms. The molecule has 2 aromatic rings. The summed E-state index contributed by atoms with van der Waals surface area (Å²) >= 11 is 8.59. The number of benzene rings is 1. The Morgan fingerprint density at radius 1 is 1.06 bits per heavy atom. The van der Waals surface area contributed by atoms with Gasteiger partial charge in [0.05, 0.1) is 6.04 Å². The van der Waals surface area contributed by atoms with Crippen molar-refractivity contribution in [2.24, 2.45) is 5.73 Å². The van der Waals surface area contributed by atoms with Crippen molar-refractivity contribution in [2.45, 2.75) is 6.04 Å². The zero-order chi connectivity index (χ0) is 10.8. The van der Waals surface area contributed by atoms with E-state index in [1.807, 2.05) is 23.6 Å². The van der Waals surface area contributed by atoms with E-state index in [9.17, 15) is 0 Å². The molecule has 1 aromatic heterocycles. The SMILES string of the molecule is Cl.N[C@@H](c1ccsc1)c1cc(Br)cc(Br)c1. The molecule has 0 aliphatic rings. The van der Waals surface area contributed by atoms with Gasteiger partial charge >= 0.3 is 0 Å². The lowest BCUT2D eigenvalue weighted by molar-refractivity contribution is 0.875. The third kappa shape index (κ3) is 3.31. The summed E-state index contributed by atoms with van der Waals surface area (Å²) in [5, 5.41) is 4.13. The van der Waals surface area contributed by atoms with Crippen molar-refractivity contribution in [3.05, 3.63) is 55.1 Å². The smallest absolute Gasteiger partial charge is 0.0560 e. The van der Waals surface area contributed by atoms with Gasteiger partial charge in [0.1, 0.15) is 0 Å². The molecule has 0 aliphatic heterocycles. The Morgan fingerprint density at radius 2 is 1.69 bits per heavy atom. The predicted molar refractivity (Wildman–Crippen MR) is 79.4 cm³/mol. The van der Waals surface area contributed by atoms with Gasteiger partial charge in [-0.3, -0.25) is 0 Å². The molecule has 0 unspecified atom stereocenters. The van der Waals surface area contributed by atoms with Crippen molar-refractivity contribution < 1.29 is 0 Å². The Labute approximate surface area is 122 Å². The van der Waals surface area contributed by atoms with E-state index < -0.39 is 0 Å². The Kier molecular flexibility index (Phi) is 5.47. The molecular weight excluding hydrogens is 373 g/mol. The number of hydrogen-bond donors (Lipinski definition) is 1. The van der Waals surface area contributed by atoms with Gasteiger partial charge in [0, 0.05) is 8.95 Å². The molecule has 86 valence electrons. The molecule has 0 spiro atoms. The summed E-state index contributed by atoms with van der Waals surface area (Å²) in [6.07, 6.45) is 0. The van der Waals surface area contributed by atoms with E-state index >= 15 is 0 Å². The van der Waals surface area contributed by atoms with Crippen LogP contribution in [0.15, 0.2) is 44.0 Å².